The Morgan fingerprint density at radius 2 is 2.15 bits per heavy atom. The normalized spacial score (nSPS) is 20.9. The maximum atomic E-state index is 4.86. The molecule has 0 aliphatic carbocycles. The summed E-state index contributed by atoms with van der Waals surface area (Å²) in [6.45, 7) is 12.4. The van der Waals surface area contributed by atoms with Gasteiger partial charge in [0, 0.05) is 24.7 Å². The molecule has 0 amide bonds. The first-order valence-electron chi connectivity index (χ1n) is 7.56. The number of hydrogen-bond donors (Lipinski definition) is 0. The van der Waals surface area contributed by atoms with E-state index in [0.717, 1.165) is 30.1 Å². The van der Waals surface area contributed by atoms with Crippen LogP contribution in [-0.4, -0.2) is 39.1 Å². The number of fused-ring (bicyclic) bond motifs is 1. The summed E-state index contributed by atoms with van der Waals surface area (Å²) in [7, 11) is 0. The number of imidazole rings is 1. The average molecular weight is 272 g/mol. The summed E-state index contributed by atoms with van der Waals surface area (Å²) in [5.41, 5.74) is 2.10. The van der Waals surface area contributed by atoms with Crippen LogP contribution in [0, 0.1) is 0 Å². The summed E-state index contributed by atoms with van der Waals surface area (Å²) < 4.78 is 2.39. The Morgan fingerprint density at radius 3 is 2.80 bits per heavy atom. The van der Waals surface area contributed by atoms with Gasteiger partial charge in [0.15, 0.2) is 5.65 Å². The number of likely N-dealkylation sites (tertiary alicyclic amines) is 1. The van der Waals surface area contributed by atoms with E-state index in [1.807, 2.05) is 12.3 Å². The summed E-state index contributed by atoms with van der Waals surface area (Å²) in [6.07, 6.45) is 3.07. The van der Waals surface area contributed by atoms with E-state index in [1.165, 1.54) is 13.0 Å². The van der Waals surface area contributed by atoms with Crippen molar-refractivity contribution >= 4 is 11.2 Å². The molecule has 3 rings (SSSR count). The monoisotopic (exact) mass is 272 g/mol. The molecule has 2 aromatic rings. The third-order valence-electron chi connectivity index (χ3n) is 4.18. The van der Waals surface area contributed by atoms with Crippen molar-refractivity contribution in [3.63, 3.8) is 0 Å². The van der Waals surface area contributed by atoms with E-state index in [1.54, 1.807) is 0 Å². The lowest BCUT2D eigenvalue weighted by Gasteiger charge is -2.24. The van der Waals surface area contributed by atoms with Crippen LogP contribution < -0.4 is 0 Å². The van der Waals surface area contributed by atoms with E-state index >= 15 is 0 Å². The predicted molar refractivity (Wildman–Crippen MR) is 82.0 cm³/mol. The molecular weight excluding hydrogens is 248 g/mol. The highest BCUT2D eigenvalue weighted by molar-refractivity contribution is 5.71. The standard InChI is InChI=1S/C16H24N4/c1-5-19-10-8-12(11-19)20-14-13(7-6-9-17-14)18-15(20)16(2,3)4/h6-7,9,12H,5,8,10-11H2,1-4H3. The molecule has 1 atom stereocenters. The van der Waals surface area contributed by atoms with E-state index in [2.05, 4.69) is 48.2 Å². The van der Waals surface area contributed by atoms with Gasteiger partial charge in [-0.2, -0.15) is 0 Å². The lowest BCUT2D eigenvalue weighted by atomic mass is 9.95. The summed E-state index contributed by atoms with van der Waals surface area (Å²) in [4.78, 5) is 12.0. The van der Waals surface area contributed by atoms with Gasteiger partial charge in [-0.3, -0.25) is 0 Å². The number of aromatic nitrogens is 3. The summed E-state index contributed by atoms with van der Waals surface area (Å²) in [5, 5.41) is 0. The van der Waals surface area contributed by atoms with Gasteiger partial charge in [0.05, 0.1) is 6.04 Å². The third kappa shape index (κ3) is 2.22. The quantitative estimate of drug-likeness (QED) is 0.843. The minimum Gasteiger partial charge on any atom is -0.308 e. The number of nitrogens with zero attached hydrogens (tertiary/aromatic N) is 4. The molecule has 1 saturated heterocycles. The van der Waals surface area contributed by atoms with Gasteiger partial charge in [0.25, 0.3) is 0 Å². The average Bonchev–Trinajstić information content (AvgIpc) is 3.01. The molecular formula is C16H24N4. The number of rotatable bonds is 2. The molecule has 0 radical (unpaired) electrons. The number of pyridine rings is 1. The van der Waals surface area contributed by atoms with E-state index in [9.17, 15) is 0 Å². The molecule has 0 bridgehead atoms. The van der Waals surface area contributed by atoms with E-state index < -0.39 is 0 Å². The lowest BCUT2D eigenvalue weighted by molar-refractivity contribution is 0.337. The molecule has 108 valence electrons. The fraction of sp³-hybridized carbons (Fsp3) is 0.625. The Hall–Kier alpha value is -1.42. The molecule has 4 heteroatoms. The van der Waals surface area contributed by atoms with Crippen LogP contribution in [0.4, 0.5) is 0 Å². The molecule has 0 N–H and O–H groups in total. The van der Waals surface area contributed by atoms with Gasteiger partial charge in [-0.1, -0.05) is 27.7 Å². The molecule has 3 heterocycles. The van der Waals surface area contributed by atoms with Crippen LogP contribution in [0.25, 0.3) is 11.2 Å². The van der Waals surface area contributed by atoms with Gasteiger partial charge >= 0.3 is 0 Å². The summed E-state index contributed by atoms with van der Waals surface area (Å²) in [6, 6.07) is 4.55. The highest BCUT2D eigenvalue weighted by Gasteiger charge is 2.31. The van der Waals surface area contributed by atoms with Crippen molar-refractivity contribution in [3.8, 4) is 0 Å². The zero-order valence-corrected chi connectivity index (χ0v) is 12.9. The Balaban J connectivity index is 2.12. The third-order valence-corrected chi connectivity index (χ3v) is 4.18. The van der Waals surface area contributed by atoms with Crippen LogP contribution in [0.2, 0.25) is 0 Å². The van der Waals surface area contributed by atoms with Crippen molar-refractivity contribution in [1.82, 2.24) is 19.4 Å². The number of likely N-dealkylation sites (N-methyl/N-ethyl adjacent to an activating group) is 1. The van der Waals surface area contributed by atoms with Crippen LogP contribution in [0.3, 0.4) is 0 Å². The first kappa shape index (κ1) is 13.6. The maximum absolute atomic E-state index is 4.86. The molecule has 1 aliphatic heterocycles. The van der Waals surface area contributed by atoms with Gasteiger partial charge in [-0.05, 0) is 25.1 Å². The molecule has 0 aromatic carbocycles. The SMILES string of the molecule is CCN1CCC(n2c(C(C)(C)C)nc3cccnc32)C1. The second-order valence-electron chi connectivity index (χ2n) is 6.74. The molecule has 20 heavy (non-hydrogen) atoms. The smallest absolute Gasteiger partial charge is 0.160 e. The fourth-order valence-corrected chi connectivity index (χ4v) is 3.11. The molecule has 1 fully saturated rings. The van der Waals surface area contributed by atoms with Crippen LogP contribution in [0.15, 0.2) is 18.3 Å². The molecule has 2 aromatic heterocycles. The molecule has 1 aliphatic rings. The van der Waals surface area contributed by atoms with Gasteiger partial charge in [-0.15, -0.1) is 0 Å². The van der Waals surface area contributed by atoms with Gasteiger partial charge in [-0.25, -0.2) is 9.97 Å². The molecule has 0 saturated carbocycles. The second kappa shape index (κ2) is 4.85. The first-order chi connectivity index (χ1) is 9.50. The minimum atomic E-state index is 0.0420. The Kier molecular flexibility index (Phi) is 3.28. The summed E-state index contributed by atoms with van der Waals surface area (Å²) >= 11 is 0. The molecule has 1 unspecified atom stereocenters. The van der Waals surface area contributed by atoms with Crippen molar-refractivity contribution in [2.75, 3.05) is 19.6 Å². The topological polar surface area (TPSA) is 34.0 Å². The van der Waals surface area contributed by atoms with Crippen molar-refractivity contribution in [2.24, 2.45) is 0 Å². The second-order valence-corrected chi connectivity index (χ2v) is 6.74. The van der Waals surface area contributed by atoms with Crippen molar-refractivity contribution in [1.29, 1.82) is 0 Å². The van der Waals surface area contributed by atoms with Gasteiger partial charge in [0.1, 0.15) is 11.3 Å². The van der Waals surface area contributed by atoms with Crippen molar-refractivity contribution in [3.05, 3.63) is 24.2 Å². The zero-order valence-electron chi connectivity index (χ0n) is 12.9. The van der Waals surface area contributed by atoms with E-state index in [4.69, 9.17) is 4.98 Å². The van der Waals surface area contributed by atoms with Crippen LogP contribution in [0.1, 0.15) is 46.0 Å². The van der Waals surface area contributed by atoms with E-state index in [0.29, 0.717) is 6.04 Å². The van der Waals surface area contributed by atoms with E-state index in [-0.39, 0.29) is 5.41 Å². The molecule has 4 nitrogen and oxygen atoms in total. The Morgan fingerprint density at radius 1 is 1.35 bits per heavy atom. The highest BCUT2D eigenvalue weighted by atomic mass is 15.2. The summed E-state index contributed by atoms with van der Waals surface area (Å²) in [5.74, 6) is 1.16. The van der Waals surface area contributed by atoms with Crippen LogP contribution in [0.5, 0.6) is 0 Å². The van der Waals surface area contributed by atoms with Crippen molar-refractivity contribution < 1.29 is 0 Å². The largest absolute Gasteiger partial charge is 0.308 e. The minimum absolute atomic E-state index is 0.0420. The zero-order chi connectivity index (χ0) is 14.3. The Bertz CT molecular complexity index is 608. The van der Waals surface area contributed by atoms with Gasteiger partial charge < -0.3 is 9.47 Å². The fourth-order valence-electron chi connectivity index (χ4n) is 3.11. The molecule has 0 spiro atoms. The number of hydrogen-bond acceptors (Lipinski definition) is 3. The Labute approximate surface area is 120 Å². The predicted octanol–water partition coefficient (Wildman–Crippen LogP) is 3.00. The maximum Gasteiger partial charge on any atom is 0.160 e. The first-order valence-corrected chi connectivity index (χ1v) is 7.56. The van der Waals surface area contributed by atoms with Crippen LogP contribution >= 0.6 is 0 Å². The van der Waals surface area contributed by atoms with Gasteiger partial charge in [0.2, 0.25) is 0 Å². The lowest BCUT2D eigenvalue weighted by Crippen LogP contribution is -2.25. The highest BCUT2D eigenvalue weighted by Crippen LogP contribution is 2.32. The van der Waals surface area contributed by atoms with Crippen LogP contribution in [-0.2, 0) is 5.41 Å². The van der Waals surface area contributed by atoms with Crippen molar-refractivity contribution in [2.45, 2.75) is 45.6 Å².